The fourth-order valence-electron chi connectivity index (χ4n) is 4.13. The SMILES string of the molecule is COc1ccc2ccccc2c1CN1CCN(C2CCNC2)CC1. The van der Waals surface area contributed by atoms with Crippen LogP contribution in [0.3, 0.4) is 0 Å². The largest absolute Gasteiger partial charge is 0.496 e. The van der Waals surface area contributed by atoms with Crippen molar-refractivity contribution in [2.24, 2.45) is 0 Å². The molecule has 1 unspecified atom stereocenters. The molecule has 2 fully saturated rings. The van der Waals surface area contributed by atoms with E-state index >= 15 is 0 Å². The molecule has 1 atom stereocenters. The van der Waals surface area contributed by atoms with Crippen LogP contribution in [0.5, 0.6) is 5.75 Å². The Labute approximate surface area is 144 Å². The Bertz CT molecular complexity index is 688. The molecule has 2 saturated heterocycles. The van der Waals surface area contributed by atoms with Crippen LogP contribution < -0.4 is 10.1 Å². The van der Waals surface area contributed by atoms with Crippen LogP contribution in [-0.2, 0) is 6.54 Å². The van der Waals surface area contributed by atoms with E-state index in [4.69, 9.17) is 4.74 Å². The normalized spacial score (nSPS) is 23.0. The Kier molecular flexibility index (Phi) is 4.69. The number of hydrogen-bond acceptors (Lipinski definition) is 4. The molecule has 128 valence electrons. The summed E-state index contributed by atoms with van der Waals surface area (Å²) in [5.74, 6) is 1.01. The summed E-state index contributed by atoms with van der Waals surface area (Å²) < 4.78 is 5.65. The molecule has 4 nitrogen and oxygen atoms in total. The predicted octanol–water partition coefficient (Wildman–Crippen LogP) is 2.33. The van der Waals surface area contributed by atoms with Gasteiger partial charge in [-0.15, -0.1) is 0 Å². The Morgan fingerprint density at radius 3 is 2.67 bits per heavy atom. The fourth-order valence-corrected chi connectivity index (χ4v) is 4.13. The molecule has 0 amide bonds. The van der Waals surface area contributed by atoms with Gasteiger partial charge in [0.05, 0.1) is 7.11 Å². The monoisotopic (exact) mass is 325 g/mol. The van der Waals surface area contributed by atoms with E-state index < -0.39 is 0 Å². The van der Waals surface area contributed by atoms with E-state index in [1.54, 1.807) is 7.11 Å². The summed E-state index contributed by atoms with van der Waals surface area (Å²) in [6, 6.07) is 13.6. The number of fused-ring (bicyclic) bond motifs is 1. The van der Waals surface area contributed by atoms with Gasteiger partial charge in [0.2, 0.25) is 0 Å². The summed E-state index contributed by atoms with van der Waals surface area (Å²) in [5.41, 5.74) is 1.33. The zero-order valence-corrected chi connectivity index (χ0v) is 14.5. The summed E-state index contributed by atoms with van der Waals surface area (Å²) >= 11 is 0. The van der Waals surface area contributed by atoms with Crippen molar-refractivity contribution < 1.29 is 4.74 Å². The van der Waals surface area contributed by atoms with Crippen molar-refractivity contribution >= 4 is 10.8 Å². The van der Waals surface area contributed by atoms with E-state index in [9.17, 15) is 0 Å². The third kappa shape index (κ3) is 3.14. The van der Waals surface area contributed by atoms with Gasteiger partial charge in [0.1, 0.15) is 5.75 Å². The Balaban J connectivity index is 1.48. The minimum Gasteiger partial charge on any atom is -0.496 e. The van der Waals surface area contributed by atoms with Gasteiger partial charge in [-0.1, -0.05) is 30.3 Å². The molecular weight excluding hydrogens is 298 g/mol. The lowest BCUT2D eigenvalue weighted by atomic mass is 10.0. The molecule has 0 radical (unpaired) electrons. The molecule has 4 rings (SSSR count). The van der Waals surface area contributed by atoms with Crippen molar-refractivity contribution in [1.82, 2.24) is 15.1 Å². The lowest BCUT2D eigenvalue weighted by molar-refractivity contribution is 0.0979. The quantitative estimate of drug-likeness (QED) is 0.934. The fraction of sp³-hybridized carbons (Fsp3) is 0.500. The lowest BCUT2D eigenvalue weighted by Crippen LogP contribution is -2.50. The number of benzene rings is 2. The summed E-state index contributed by atoms with van der Waals surface area (Å²) in [4.78, 5) is 5.24. The molecule has 2 heterocycles. The maximum absolute atomic E-state index is 5.65. The molecule has 0 aromatic heterocycles. The van der Waals surface area contributed by atoms with Crippen LogP contribution in [0.15, 0.2) is 36.4 Å². The predicted molar refractivity (Wildman–Crippen MR) is 98.6 cm³/mol. The summed E-state index contributed by atoms with van der Waals surface area (Å²) in [6.07, 6.45) is 1.30. The van der Waals surface area contributed by atoms with Crippen LogP contribution in [-0.4, -0.2) is 62.2 Å². The van der Waals surface area contributed by atoms with Crippen LogP contribution in [0, 0.1) is 0 Å². The second-order valence-corrected chi connectivity index (χ2v) is 6.93. The van der Waals surface area contributed by atoms with Crippen LogP contribution in [0.1, 0.15) is 12.0 Å². The summed E-state index contributed by atoms with van der Waals surface area (Å²) in [6.45, 7) is 7.96. The van der Waals surface area contributed by atoms with Crippen LogP contribution in [0.2, 0.25) is 0 Å². The Morgan fingerprint density at radius 1 is 1.08 bits per heavy atom. The lowest BCUT2D eigenvalue weighted by Gasteiger charge is -2.38. The first-order chi connectivity index (χ1) is 11.8. The standard InChI is InChI=1S/C20H27N3O/c1-24-20-7-6-16-4-2-3-5-18(16)19(20)15-22-10-12-23(13-11-22)17-8-9-21-14-17/h2-7,17,21H,8-15H2,1H3. The van der Waals surface area contributed by atoms with Crippen molar-refractivity contribution in [1.29, 1.82) is 0 Å². The van der Waals surface area contributed by atoms with E-state index in [0.717, 1.165) is 38.0 Å². The maximum atomic E-state index is 5.65. The van der Waals surface area contributed by atoms with Gasteiger partial charge in [0.25, 0.3) is 0 Å². The highest BCUT2D eigenvalue weighted by Gasteiger charge is 2.26. The molecule has 2 aliphatic heterocycles. The van der Waals surface area contributed by atoms with Crippen molar-refractivity contribution in [3.05, 3.63) is 42.0 Å². The molecule has 0 saturated carbocycles. The second-order valence-electron chi connectivity index (χ2n) is 6.93. The molecule has 24 heavy (non-hydrogen) atoms. The maximum Gasteiger partial charge on any atom is 0.123 e. The number of methoxy groups -OCH3 is 1. The van der Waals surface area contributed by atoms with Crippen molar-refractivity contribution in [3.63, 3.8) is 0 Å². The molecule has 0 aliphatic carbocycles. The van der Waals surface area contributed by atoms with Crippen LogP contribution >= 0.6 is 0 Å². The molecule has 4 heteroatoms. The molecule has 0 spiro atoms. The van der Waals surface area contributed by atoms with E-state index in [1.165, 1.54) is 42.4 Å². The smallest absolute Gasteiger partial charge is 0.123 e. The molecule has 2 aliphatic rings. The number of piperazine rings is 1. The molecule has 2 aromatic carbocycles. The third-order valence-corrected chi connectivity index (χ3v) is 5.56. The molecule has 0 bridgehead atoms. The first kappa shape index (κ1) is 15.9. The van der Waals surface area contributed by atoms with Gasteiger partial charge < -0.3 is 10.1 Å². The van der Waals surface area contributed by atoms with E-state index in [2.05, 4.69) is 51.5 Å². The van der Waals surface area contributed by atoms with Crippen molar-refractivity contribution in [2.45, 2.75) is 19.0 Å². The Morgan fingerprint density at radius 2 is 1.92 bits per heavy atom. The first-order valence-electron chi connectivity index (χ1n) is 9.07. The molecule has 2 aromatic rings. The van der Waals surface area contributed by atoms with E-state index in [1.807, 2.05) is 0 Å². The zero-order valence-electron chi connectivity index (χ0n) is 14.5. The number of nitrogens with one attached hydrogen (secondary N) is 1. The van der Waals surface area contributed by atoms with Gasteiger partial charge >= 0.3 is 0 Å². The number of hydrogen-bond donors (Lipinski definition) is 1. The summed E-state index contributed by atoms with van der Waals surface area (Å²) in [7, 11) is 1.78. The number of ether oxygens (including phenoxy) is 1. The van der Waals surface area contributed by atoms with Crippen molar-refractivity contribution in [3.8, 4) is 5.75 Å². The van der Waals surface area contributed by atoms with Gasteiger partial charge in [-0.25, -0.2) is 0 Å². The van der Waals surface area contributed by atoms with Gasteiger partial charge in [0.15, 0.2) is 0 Å². The number of nitrogens with zero attached hydrogens (tertiary/aromatic N) is 2. The topological polar surface area (TPSA) is 27.7 Å². The van der Waals surface area contributed by atoms with Crippen LogP contribution in [0.4, 0.5) is 0 Å². The first-order valence-corrected chi connectivity index (χ1v) is 9.07. The van der Waals surface area contributed by atoms with Crippen molar-refractivity contribution in [2.75, 3.05) is 46.4 Å². The van der Waals surface area contributed by atoms with E-state index in [0.29, 0.717) is 0 Å². The average molecular weight is 325 g/mol. The second kappa shape index (κ2) is 7.09. The minimum absolute atomic E-state index is 0.749. The molecule has 1 N–H and O–H groups in total. The average Bonchev–Trinajstić information content (AvgIpc) is 3.17. The van der Waals surface area contributed by atoms with Gasteiger partial charge in [-0.05, 0) is 29.8 Å². The van der Waals surface area contributed by atoms with E-state index in [-0.39, 0.29) is 0 Å². The Hall–Kier alpha value is -1.62. The highest BCUT2D eigenvalue weighted by molar-refractivity contribution is 5.87. The number of rotatable bonds is 4. The van der Waals surface area contributed by atoms with Crippen LogP contribution in [0.25, 0.3) is 10.8 Å². The highest BCUT2D eigenvalue weighted by Crippen LogP contribution is 2.29. The molecular formula is C20H27N3O. The van der Waals surface area contributed by atoms with Gasteiger partial charge in [-0.3, -0.25) is 9.80 Å². The zero-order chi connectivity index (χ0) is 16.4. The summed E-state index contributed by atoms with van der Waals surface area (Å²) in [5, 5.41) is 6.10. The minimum atomic E-state index is 0.749. The van der Waals surface area contributed by atoms with Gasteiger partial charge in [-0.2, -0.15) is 0 Å². The van der Waals surface area contributed by atoms with Gasteiger partial charge in [0, 0.05) is 50.9 Å². The third-order valence-electron chi connectivity index (χ3n) is 5.56. The highest BCUT2D eigenvalue weighted by atomic mass is 16.5.